The summed E-state index contributed by atoms with van der Waals surface area (Å²) in [6.07, 6.45) is 3.20. The molecule has 0 heterocycles. The van der Waals surface area contributed by atoms with E-state index in [1.807, 2.05) is 0 Å². The molecule has 0 radical (unpaired) electrons. The fourth-order valence-corrected chi connectivity index (χ4v) is 1.22. The van der Waals surface area contributed by atoms with E-state index in [1.165, 1.54) is 0 Å². The van der Waals surface area contributed by atoms with E-state index in [4.69, 9.17) is 10.8 Å². The molecule has 1 saturated carbocycles. The predicted molar refractivity (Wildman–Crippen MR) is 33.0 cm³/mol. The fraction of sp³-hybridized carbons (Fsp3) is 0.833. The third-order valence-electron chi connectivity index (χ3n) is 1.92. The Labute approximate surface area is 73.6 Å². The van der Waals surface area contributed by atoms with E-state index in [9.17, 15) is 4.79 Å². The van der Waals surface area contributed by atoms with Gasteiger partial charge in [0.1, 0.15) is 5.54 Å². The van der Waals surface area contributed by atoms with Crippen LogP contribution >= 0.6 is 0 Å². The minimum absolute atomic E-state index is 0. The maximum absolute atomic E-state index is 10.4. The van der Waals surface area contributed by atoms with E-state index >= 15 is 0 Å². The largest absolute Gasteiger partial charge is 0.480 e. The fourth-order valence-electron chi connectivity index (χ4n) is 1.22. The van der Waals surface area contributed by atoms with Gasteiger partial charge >= 0.3 is 5.97 Å². The van der Waals surface area contributed by atoms with Gasteiger partial charge in [0.15, 0.2) is 0 Å². The molecule has 10 heavy (non-hydrogen) atoms. The topological polar surface area (TPSA) is 63.3 Å². The van der Waals surface area contributed by atoms with E-state index in [-0.39, 0.29) is 20.4 Å². The second-order valence-electron chi connectivity index (χ2n) is 2.67. The third-order valence-corrected chi connectivity index (χ3v) is 1.92. The maximum Gasteiger partial charge on any atom is 0.323 e. The molecule has 0 aliphatic heterocycles. The number of rotatable bonds is 1. The van der Waals surface area contributed by atoms with Crippen LogP contribution in [-0.4, -0.2) is 16.6 Å². The van der Waals surface area contributed by atoms with Crippen molar-refractivity contribution in [2.45, 2.75) is 31.2 Å². The molecule has 0 aromatic rings. The van der Waals surface area contributed by atoms with Crippen LogP contribution in [0.15, 0.2) is 0 Å². The molecule has 0 spiro atoms. The molecule has 62 valence electrons. The summed E-state index contributed by atoms with van der Waals surface area (Å²) in [5, 5.41) is 8.55. The predicted octanol–water partition coefficient (Wildman–Crippen LogP) is 0.340. The van der Waals surface area contributed by atoms with Crippen molar-refractivity contribution in [3.05, 3.63) is 0 Å². The van der Waals surface area contributed by atoms with Gasteiger partial charge in [-0.2, -0.15) is 0 Å². The van der Waals surface area contributed by atoms with Crippen molar-refractivity contribution < 1.29 is 30.3 Å². The zero-order valence-corrected chi connectivity index (χ0v) is 7.13. The molecule has 1 aliphatic carbocycles. The van der Waals surface area contributed by atoms with Crippen LogP contribution in [0.4, 0.5) is 0 Å². The van der Waals surface area contributed by atoms with Crippen molar-refractivity contribution in [1.82, 2.24) is 0 Å². The Hall–Kier alpha value is 0.0923. The first-order chi connectivity index (χ1) is 4.15. The van der Waals surface area contributed by atoms with Crippen molar-refractivity contribution >= 4 is 5.97 Å². The van der Waals surface area contributed by atoms with Crippen molar-refractivity contribution in [2.75, 3.05) is 0 Å². The van der Waals surface area contributed by atoms with Crippen LogP contribution in [0.1, 0.15) is 25.7 Å². The number of hydrogen-bond acceptors (Lipinski definition) is 2. The summed E-state index contributed by atoms with van der Waals surface area (Å²) in [7, 11) is 0. The number of aliphatic carboxylic acids is 1. The van der Waals surface area contributed by atoms with Crippen LogP contribution in [-0.2, 0) is 25.2 Å². The number of nitrogens with two attached hydrogens (primary N) is 1. The molecule has 0 aromatic heterocycles. The molecule has 3 N–H and O–H groups in total. The Morgan fingerprint density at radius 2 is 1.80 bits per heavy atom. The molecule has 1 aliphatic rings. The van der Waals surface area contributed by atoms with Crippen molar-refractivity contribution in [3.8, 4) is 0 Å². The molecule has 0 bridgehead atoms. The molecule has 1 rings (SSSR count). The summed E-state index contributed by atoms with van der Waals surface area (Å²) >= 11 is 0. The Bertz CT molecular complexity index is 132. The number of carboxylic acids is 1. The standard InChI is InChI=1S/C6H11NO2.Pd/c7-6(5(8)9)3-1-2-4-6;/h1-4,7H2,(H,8,9);. The molecule has 0 amide bonds. The van der Waals surface area contributed by atoms with Gasteiger partial charge in [-0.15, -0.1) is 0 Å². The molecule has 0 aromatic carbocycles. The van der Waals surface area contributed by atoms with Gasteiger partial charge in [-0.3, -0.25) is 4.79 Å². The zero-order chi connectivity index (χ0) is 6.91. The van der Waals surface area contributed by atoms with Crippen LogP contribution in [0.25, 0.3) is 0 Å². The van der Waals surface area contributed by atoms with Crippen LogP contribution in [0.2, 0.25) is 0 Å². The summed E-state index contributed by atoms with van der Waals surface area (Å²) in [6, 6.07) is 0. The summed E-state index contributed by atoms with van der Waals surface area (Å²) in [6.45, 7) is 0. The Balaban J connectivity index is 0.000000810. The van der Waals surface area contributed by atoms with Gasteiger partial charge in [0.05, 0.1) is 0 Å². The van der Waals surface area contributed by atoms with Crippen molar-refractivity contribution in [1.29, 1.82) is 0 Å². The second-order valence-corrected chi connectivity index (χ2v) is 2.67. The van der Waals surface area contributed by atoms with Gasteiger partial charge in [0.2, 0.25) is 0 Å². The van der Waals surface area contributed by atoms with Gasteiger partial charge in [-0.05, 0) is 12.8 Å². The van der Waals surface area contributed by atoms with Crippen LogP contribution < -0.4 is 5.73 Å². The first kappa shape index (κ1) is 10.1. The smallest absolute Gasteiger partial charge is 0.323 e. The van der Waals surface area contributed by atoms with Gasteiger partial charge in [-0.25, -0.2) is 0 Å². The molecule has 0 saturated heterocycles. The normalized spacial score (nSPS) is 21.7. The van der Waals surface area contributed by atoms with Gasteiger partial charge < -0.3 is 10.8 Å². The van der Waals surface area contributed by atoms with Crippen LogP contribution in [0.3, 0.4) is 0 Å². The number of carbonyl (C=O) groups is 1. The minimum atomic E-state index is -0.889. The zero-order valence-electron chi connectivity index (χ0n) is 5.58. The first-order valence-electron chi connectivity index (χ1n) is 3.17. The summed E-state index contributed by atoms with van der Waals surface area (Å²) in [5.41, 5.74) is 4.61. The van der Waals surface area contributed by atoms with Crippen LogP contribution in [0.5, 0.6) is 0 Å². The molecule has 4 heteroatoms. The third kappa shape index (κ3) is 1.79. The number of carboxylic acid groups (broad SMARTS) is 1. The molecule has 0 unspecified atom stereocenters. The SMILES string of the molecule is NC1(C(=O)O)CCCC1.[Pd]. The molecule has 0 atom stereocenters. The summed E-state index contributed by atoms with van der Waals surface area (Å²) in [4.78, 5) is 10.4. The number of hydrogen-bond donors (Lipinski definition) is 2. The van der Waals surface area contributed by atoms with E-state index in [0.29, 0.717) is 12.8 Å². The summed E-state index contributed by atoms with van der Waals surface area (Å²) < 4.78 is 0. The van der Waals surface area contributed by atoms with E-state index < -0.39 is 11.5 Å². The average molecular weight is 236 g/mol. The van der Waals surface area contributed by atoms with Crippen LogP contribution in [0, 0.1) is 0 Å². The van der Waals surface area contributed by atoms with E-state index in [2.05, 4.69) is 0 Å². The average Bonchev–Trinajstić information content (AvgIpc) is 2.16. The van der Waals surface area contributed by atoms with Gasteiger partial charge in [0.25, 0.3) is 0 Å². The maximum atomic E-state index is 10.4. The second kappa shape index (κ2) is 3.47. The quantitative estimate of drug-likeness (QED) is 0.645. The molecule has 1 fully saturated rings. The summed E-state index contributed by atoms with van der Waals surface area (Å²) in [5.74, 6) is -0.847. The monoisotopic (exact) mass is 235 g/mol. The van der Waals surface area contributed by atoms with Gasteiger partial charge in [0, 0.05) is 20.4 Å². The van der Waals surface area contributed by atoms with E-state index in [1.54, 1.807) is 0 Å². The molecular weight excluding hydrogens is 224 g/mol. The van der Waals surface area contributed by atoms with E-state index in [0.717, 1.165) is 12.8 Å². The Morgan fingerprint density at radius 3 is 2.00 bits per heavy atom. The first-order valence-corrected chi connectivity index (χ1v) is 3.17. The van der Waals surface area contributed by atoms with Gasteiger partial charge in [-0.1, -0.05) is 12.8 Å². The molecule has 3 nitrogen and oxygen atoms in total. The Kier molecular flexibility index (Phi) is 3.51. The van der Waals surface area contributed by atoms with Crippen molar-refractivity contribution in [3.63, 3.8) is 0 Å². The minimum Gasteiger partial charge on any atom is -0.480 e. The Morgan fingerprint density at radius 1 is 1.40 bits per heavy atom. The van der Waals surface area contributed by atoms with Crippen molar-refractivity contribution in [2.24, 2.45) is 5.73 Å². The molecular formula is C6H11NO2Pd.